The van der Waals surface area contributed by atoms with Gasteiger partial charge in [0.25, 0.3) is 11.5 Å². The van der Waals surface area contributed by atoms with Gasteiger partial charge in [-0.2, -0.15) is 13.2 Å². The van der Waals surface area contributed by atoms with Gasteiger partial charge >= 0.3 is 11.9 Å². The number of hydrogen-bond donors (Lipinski definition) is 1. The quantitative estimate of drug-likeness (QED) is 0.634. The molecular formula is C20H19F3N4O4. The number of benzene rings is 1. The normalized spacial score (nSPS) is 11.6. The first-order valence-electron chi connectivity index (χ1n) is 9.13. The van der Waals surface area contributed by atoms with Gasteiger partial charge in [0.1, 0.15) is 12.3 Å². The van der Waals surface area contributed by atoms with E-state index in [4.69, 9.17) is 0 Å². The summed E-state index contributed by atoms with van der Waals surface area (Å²) in [7, 11) is 2.82. The Morgan fingerprint density at radius 2 is 1.74 bits per heavy atom. The maximum Gasteiger partial charge on any atom is 0.411 e. The van der Waals surface area contributed by atoms with Crippen LogP contribution in [0.1, 0.15) is 21.5 Å². The van der Waals surface area contributed by atoms with Gasteiger partial charge in [-0.15, -0.1) is 0 Å². The molecule has 3 aromatic rings. The molecule has 0 fully saturated rings. The van der Waals surface area contributed by atoms with Crippen molar-refractivity contribution in [1.82, 2.24) is 19.4 Å². The minimum Gasteiger partial charge on any atom is -0.367 e. The number of carbonyl (C=O) groups excluding carboxylic acids is 1. The van der Waals surface area contributed by atoms with Crippen molar-refractivity contribution in [2.75, 3.05) is 6.61 Å². The number of pyridine rings is 1. The Labute approximate surface area is 173 Å². The molecule has 0 aliphatic carbocycles. The van der Waals surface area contributed by atoms with Crippen molar-refractivity contribution in [3.05, 3.63) is 74.1 Å². The van der Waals surface area contributed by atoms with Crippen LogP contribution >= 0.6 is 0 Å². The van der Waals surface area contributed by atoms with Crippen LogP contribution < -0.4 is 16.6 Å². The minimum absolute atomic E-state index is 0.139. The van der Waals surface area contributed by atoms with E-state index < -0.39 is 29.9 Å². The van der Waals surface area contributed by atoms with Gasteiger partial charge in [0.05, 0.1) is 17.6 Å². The molecule has 31 heavy (non-hydrogen) atoms. The van der Waals surface area contributed by atoms with E-state index in [1.54, 1.807) is 24.3 Å². The molecule has 3 rings (SSSR count). The summed E-state index contributed by atoms with van der Waals surface area (Å²) < 4.78 is 43.1. The van der Waals surface area contributed by atoms with Crippen molar-refractivity contribution in [2.45, 2.75) is 19.3 Å². The first-order valence-corrected chi connectivity index (χ1v) is 9.13. The van der Waals surface area contributed by atoms with Gasteiger partial charge in [0.15, 0.2) is 0 Å². The molecule has 0 atom stereocenters. The van der Waals surface area contributed by atoms with Crippen molar-refractivity contribution < 1.29 is 22.7 Å². The fourth-order valence-corrected chi connectivity index (χ4v) is 2.91. The van der Waals surface area contributed by atoms with Crippen molar-refractivity contribution in [3.63, 3.8) is 0 Å². The van der Waals surface area contributed by atoms with E-state index >= 15 is 0 Å². The molecule has 1 amide bonds. The number of amides is 1. The Hall–Kier alpha value is -3.47. The molecule has 2 heterocycles. The van der Waals surface area contributed by atoms with Gasteiger partial charge in [-0.05, 0) is 17.2 Å². The Bertz CT molecular complexity index is 1230. The summed E-state index contributed by atoms with van der Waals surface area (Å²) in [5, 5.41) is 2.83. The summed E-state index contributed by atoms with van der Waals surface area (Å²) in [4.78, 5) is 40.8. The molecule has 1 aromatic carbocycles. The number of halogens is 3. The van der Waals surface area contributed by atoms with Crippen LogP contribution in [-0.4, -0.2) is 32.8 Å². The van der Waals surface area contributed by atoms with Gasteiger partial charge < -0.3 is 10.1 Å². The zero-order valence-corrected chi connectivity index (χ0v) is 16.7. The highest BCUT2D eigenvalue weighted by Crippen LogP contribution is 2.16. The number of carbonyl (C=O) groups is 1. The van der Waals surface area contributed by atoms with Gasteiger partial charge in [0.2, 0.25) is 0 Å². The number of nitrogens with one attached hydrogen (secondary N) is 1. The van der Waals surface area contributed by atoms with Crippen molar-refractivity contribution in [1.29, 1.82) is 0 Å². The number of ether oxygens (including phenoxy) is 1. The van der Waals surface area contributed by atoms with Crippen LogP contribution in [0.2, 0.25) is 0 Å². The summed E-state index contributed by atoms with van der Waals surface area (Å²) in [6.07, 6.45) is -3.10. The molecule has 8 nitrogen and oxygen atoms in total. The zero-order valence-electron chi connectivity index (χ0n) is 16.7. The summed E-state index contributed by atoms with van der Waals surface area (Å²) in [6, 6.07) is 7.92. The Morgan fingerprint density at radius 1 is 1.10 bits per heavy atom. The zero-order chi connectivity index (χ0) is 22.8. The Morgan fingerprint density at radius 3 is 2.39 bits per heavy atom. The second-order valence-electron chi connectivity index (χ2n) is 6.91. The number of rotatable bonds is 6. The largest absolute Gasteiger partial charge is 0.411 e. The van der Waals surface area contributed by atoms with Crippen LogP contribution in [0.3, 0.4) is 0 Å². The monoisotopic (exact) mass is 436 g/mol. The minimum atomic E-state index is -4.37. The van der Waals surface area contributed by atoms with E-state index in [0.717, 1.165) is 10.1 Å². The molecule has 11 heteroatoms. The number of fused-ring (bicyclic) bond motifs is 1. The van der Waals surface area contributed by atoms with E-state index in [2.05, 4.69) is 15.0 Å². The molecule has 0 radical (unpaired) electrons. The third-order valence-electron chi connectivity index (χ3n) is 4.57. The maximum atomic E-state index is 12.5. The summed E-state index contributed by atoms with van der Waals surface area (Å²) in [5.74, 6) is -0.470. The third-order valence-corrected chi connectivity index (χ3v) is 4.57. The summed E-state index contributed by atoms with van der Waals surface area (Å²) >= 11 is 0. The lowest BCUT2D eigenvalue weighted by Crippen LogP contribution is -2.37. The number of alkyl halides is 3. The smallest absolute Gasteiger partial charge is 0.367 e. The number of aryl methyl sites for hydroxylation is 1. The van der Waals surface area contributed by atoms with Crippen LogP contribution in [0.15, 0.2) is 46.1 Å². The molecule has 0 saturated carbocycles. The fourth-order valence-electron chi connectivity index (χ4n) is 2.91. The standard InChI is InChI=1S/C20H19F3N4O4/c1-26-16-15(18(29)27(2)19(26)30)7-14(9-24-16)17(28)25-8-12-3-5-13(6-4-12)10-31-11-20(21,22)23/h3-7,9H,8,10-11H2,1-2H3,(H,25,28). The van der Waals surface area contributed by atoms with Crippen LogP contribution in [-0.2, 0) is 32.0 Å². The van der Waals surface area contributed by atoms with Gasteiger partial charge in [-0.25, -0.2) is 9.78 Å². The molecule has 164 valence electrons. The summed E-state index contributed by atoms with van der Waals surface area (Å²) in [6.45, 7) is -1.33. The molecule has 0 spiro atoms. The lowest BCUT2D eigenvalue weighted by molar-refractivity contribution is -0.176. The lowest BCUT2D eigenvalue weighted by atomic mass is 10.1. The predicted octanol–water partition coefficient (Wildman–Crippen LogP) is 1.64. The molecule has 0 saturated heterocycles. The van der Waals surface area contributed by atoms with E-state index in [1.807, 2.05) is 0 Å². The number of nitrogens with zero attached hydrogens (tertiary/aromatic N) is 3. The molecule has 0 aliphatic rings. The van der Waals surface area contributed by atoms with Gasteiger partial charge in [-0.1, -0.05) is 24.3 Å². The maximum absolute atomic E-state index is 12.5. The van der Waals surface area contributed by atoms with E-state index in [9.17, 15) is 27.6 Å². The highest BCUT2D eigenvalue weighted by atomic mass is 19.4. The fraction of sp³-hybridized carbons (Fsp3) is 0.300. The molecule has 1 N–H and O–H groups in total. The second kappa shape index (κ2) is 8.72. The Balaban J connectivity index is 1.66. The molecule has 0 unspecified atom stereocenters. The summed E-state index contributed by atoms with van der Waals surface area (Å²) in [5.41, 5.74) is 0.547. The molecular weight excluding hydrogens is 417 g/mol. The van der Waals surface area contributed by atoms with Gasteiger partial charge in [0, 0.05) is 26.8 Å². The van der Waals surface area contributed by atoms with Crippen molar-refractivity contribution in [2.24, 2.45) is 14.1 Å². The average Bonchev–Trinajstić information content (AvgIpc) is 2.74. The lowest BCUT2D eigenvalue weighted by Gasteiger charge is -2.10. The molecule has 0 aliphatic heterocycles. The van der Waals surface area contributed by atoms with Crippen LogP contribution in [0.4, 0.5) is 13.2 Å². The highest BCUT2D eigenvalue weighted by molar-refractivity contribution is 5.96. The molecule has 2 aromatic heterocycles. The molecule has 0 bridgehead atoms. The van der Waals surface area contributed by atoms with E-state index in [-0.39, 0.29) is 29.7 Å². The average molecular weight is 436 g/mol. The van der Waals surface area contributed by atoms with E-state index in [0.29, 0.717) is 5.56 Å². The van der Waals surface area contributed by atoms with Crippen LogP contribution in [0.25, 0.3) is 11.0 Å². The first kappa shape index (κ1) is 22.2. The predicted molar refractivity (Wildman–Crippen MR) is 106 cm³/mol. The third kappa shape index (κ3) is 5.18. The van der Waals surface area contributed by atoms with Crippen LogP contribution in [0.5, 0.6) is 0 Å². The van der Waals surface area contributed by atoms with Gasteiger partial charge in [-0.3, -0.25) is 18.7 Å². The number of hydrogen-bond acceptors (Lipinski definition) is 5. The Kier molecular flexibility index (Phi) is 6.25. The van der Waals surface area contributed by atoms with Crippen LogP contribution in [0, 0.1) is 0 Å². The van der Waals surface area contributed by atoms with Crippen molar-refractivity contribution in [3.8, 4) is 0 Å². The second-order valence-corrected chi connectivity index (χ2v) is 6.91. The number of aromatic nitrogens is 3. The first-order chi connectivity index (χ1) is 14.6. The van der Waals surface area contributed by atoms with E-state index in [1.165, 1.54) is 30.9 Å². The highest BCUT2D eigenvalue weighted by Gasteiger charge is 2.27. The SMILES string of the molecule is Cn1c(=O)c2cc(C(=O)NCc3ccc(COCC(F)(F)F)cc3)cnc2n(C)c1=O. The topological polar surface area (TPSA) is 95.2 Å². The van der Waals surface area contributed by atoms with Crippen molar-refractivity contribution >= 4 is 16.9 Å².